The minimum atomic E-state index is -0.798. The van der Waals surface area contributed by atoms with Gasteiger partial charge in [0.25, 0.3) is 0 Å². The van der Waals surface area contributed by atoms with E-state index >= 15 is 0 Å². The van der Waals surface area contributed by atoms with Crippen LogP contribution in [0, 0.1) is 11.3 Å². The van der Waals surface area contributed by atoms with Gasteiger partial charge in [0.1, 0.15) is 5.41 Å². The number of rotatable bonds is 5. The van der Waals surface area contributed by atoms with Gasteiger partial charge in [-0.25, -0.2) is 0 Å². The standard InChI is InChI=1S/C15H29N3O2/c1-4-12(2)11-18(3)14(19)15(13(16)17-20)9-7-5-6-8-10-15/h12,20H,4-11H2,1-3H3,(H2,16,17). The van der Waals surface area contributed by atoms with Crippen molar-refractivity contribution >= 4 is 11.7 Å². The van der Waals surface area contributed by atoms with Gasteiger partial charge in [-0.1, -0.05) is 51.1 Å². The van der Waals surface area contributed by atoms with Crippen LogP contribution in [0.1, 0.15) is 58.8 Å². The summed E-state index contributed by atoms with van der Waals surface area (Å²) in [6, 6.07) is 0. The van der Waals surface area contributed by atoms with Crippen LogP contribution in [0.2, 0.25) is 0 Å². The predicted octanol–water partition coefficient (Wildman–Crippen LogP) is 2.58. The minimum absolute atomic E-state index is 0.00926. The minimum Gasteiger partial charge on any atom is -0.409 e. The van der Waals surface area contributed by atoms with Crippen molar-refractivity contribution in [1.29, 1.82) is 0 Å². The molecule has 0 aromatic heterocycles. The van der Waals surface area contributed by atoms with Crippen LogP contribution >= 0.6 is 0 Å². The first-order valence-electron chi connectivity index (χ1n) is 7.71. The van der Waals surface area contributed by atoms with Gasteiger partial charge >= 0.3 is 0 Å². The number of carbonyl (C=O) groups excluding carboxylic acids is 1. The lowest BCUT2D eigenvalue weighted by Crippen LogP contribution is -2.51. The molecule has 1 saturated carbocycles. The second kappa shape index (κ2) is 7.50. The van der Waals surface area contributed by atoms with Gasteiger partial charge in [-0.05, 0) is 18.8 Å². The number of amides is 1. The van der Waals surface area contributed by atoms with Gasteiger partial charge in [0.2, 0.25) is 5.91 Å². The predicted molar refractivity (Wildman–Crippen MR) is 80.6 cm³/mol. The van der Waals surface area contributed by atoms with Crippen molar-refractivity contribution in [2.75, 3.05) is 13.6 Å². The average Bonchev–Trinajstić information content (AvgIpc) is 2.71. The molecule has 1 unspecified atom stereocenters. The topological polar surface area (TPSA) is 78.9 Å². The number of hydrogen-bond acceptors (Lipinski definition) is 3. The van der Waals surface area contributed by atoms with E-state index in [1.54, 1.807) is 4.90 Å². The molecule has 1 aliphatic carbocycles. The Balaban J connectivity index is 2.95. The number of oxime groups is 1. The number of nitrogens with zero attached hydrogens (tertiary/aromatic N) is 2. The van der Waals surface area contributed by atoms with Crippen molar-refractivity contribution in [3.8, 4) is 0 Å². The van der Waals surface area contributed by atoms with E-state index in [-0.39, 0.29) is 11.7 Å². The van der Waals surface area contributed by atoms with Gasteiger partial charge in [0.05, 0.1) is 0 Å². The molecular formula is C15H29N3O2. The molecule has 1 amide bonds. The van der Waals surface area contributed by atoms with E-state index < -0.39 is 5.41 Å². The van der Waals surface area contributed by atoms with Crippen LogP contribution < -0.4 is 5.73 Å². The first-order chi connectivity index (χ1) is 9.47. The fourth-order valence-electron chi connectivity index (χ4n) is 3.05. The first kappa shape index (κ1) is 16.8. The lowest BCUT2D eigenvalue weighted by atomic mass is 9.77. The third-order valence-corrected chi connectivity index (χ3v) is 4.59. The monoisotopic (exact) mass is 283 g/mol. The molecule has 1 atom stereocenters. The number of hydrogen-bond donors (Lipinski definition) is 2. The van der Waals surface area contributed by atoms with Crippen LogP contribution in [0.25, 0.3) is 0 Å². The number of nitrogens with two attached hydrogens (primary N) is 1. The second-order valence-electron chi connectivity index (χ2n) is 6.18. The molecule has 0 bridgehead atoms. The molecule has 1 aliphatic rings. The van der Waals surface area contributed by atoms with Gasteiger partial charge in [0.15, 0.2) is 5.84 Å². The Morgan fingerprint density at radius 1 is 1.35 bits per heavy atom. The normalized spacial score (nSPS) is 21.1. The summed E-state index contributed by atoms with van der Waals surface area (Å²) in [5.41, 5.74) is 5.11. The van der Waals surface area contributed by atoms with E-state index in [2.05, 4.69) is 19.0 Å². The van der Waals surface area contributed by atoms with Gasteiger partial charge in [0, 0.05) is 13.6 Å². The Morgan fingerprint density at radius 2 is 1.90 bits per heavy atom. The number of carbonyl (C=O) groups is 1. The smallest absolute Gasteiger partial charge is 0.236 e. The quantitative estimate of drug-likeness (QED) is 0.267. The van der Waals surface area contributed by atoms with E-state index in [9.17, 15) is 4.79 Å². The summed E-state index contributed by atoms with van der Waals surface area (Å²) in [5, 5.41) is 12.3. The summed E-state index contributed by atoms with van der Waals surface area (Å²) < 4.78 is 0. The van der Waals surface area contributed by atoms with E-state index in [1.807, 2.05) is 7.05 Å². The molecule has 0 aromatic rings. The third-order valence-electron chi connectivity index (χ3n) is 4.59. The maximum absolute atomic E-state index is 12.9. The molecule has 0 aliphatic heterocycles. The summed E-state index contributed by atoms with van der Waals surface area (Å²) in [6.07, 6.45) is 6.55. The maximum Gasteiger partial charge on any atom is 0.236 e. The zero-order valence-corrected chi connectivity index (χ0v) is 13.1. The largest absolute Gasteiger partial charge is 0.409 e. The fourth-order valence-corrected chi connectivity index (χ4v) is 3.05. The van der Waals surface area contributed by atoms with Crippen molar-refractivity contribution in [1.82, 2.24) is 4.90 Å². The van der Waals surface area contributed by atoms with Crippen molar-refractivity contribution < 1.29 is 10.0 Å². The molecule has 0 radical (unpaired) electrons. The summed E-state index contributed by atoms with van der Waals surface area (Å²) in [7, 11) is 1.83. The Morgan fingerprint density at radius 3 is 2.35 bits per heavy atom. The molecule has 1 rings (SSSR count). The molecule has 0 saturated heterocycles. The van der Waals surface area contributed by atoms with Crippen LogP contribution in [0.3, 0.4) is 0 Å². The summed E-state index contributed by atoms with van der Waals surface area (Å²) in [4.78, 5) is 14.6. The lowest BCUT2D eigenvalue weighted by Gasteiger charge is -2.35. The summed E-state index contributed by atoms with van der Waals surface area (Å²) in [6.45, 7) is 4.97. The number of amidine groups is 1. The Labute approximate surface area is 122 Å². The maximum atomic E-state index is 12.9. The van der Waals surface area contributed by atoms with E-state index in [4.69, 9.17) is 10.9 Å². The van der Waals surface area contributed by atoms with Crippen molar-refractivity contribution in [3.05, 3.63) is 0 Å². The van der Waals surface area contributed by atoms with Gasteiger partial charge in [-0.3, -0.25) is 4.79 Å². The van der Waals surface area contributed by atoms with E-state index in [0.29, 0.717) is 18.8 Å². The summed E-state index contributed by atoms with van der Waals surface area (Å²) >= 11 is 0. The van der Waals surface area contributed by atoms with Crippen molar-refractivity contribution in [2.24, 2.45) is 22.2 Å². The Hall–Kier alpha value is -1.26. The molecule has 1 fully saturated rings. The van der Waals surface area contributed by atoms with Gasteiger partial charge in [-0.15, -0.1) is 0 Å². The molecule has 116 valence electrons. The summed E-state index contributed by atoms with van der Waals surface area (Å²) in [5.74, 6) is 0.550. The van der Waals surface area contributed by atoms with E-state index in [0.717, 1.165) is 38.6 Å². The highest BCUT2D eigenvalue weighted by Gasteiger charge is 2.44. The average molecular weight is 283 g/mol. The van der Waals surface area contributed by atoms with Gasteiger partial charge < -0.3 is 15.8 Å². The third kappa shape index (κ3) is 3.64. The van der Waals surface area contributed by atoms with Crippen molar-refractivity contribution in [2.45, 2.75) is 58.8 Å². The molecule has 0 aromatic carbocycles. The molecule has 0 heterocycles. The molecule has 5 nitrogen and oxygen atoms in total. The molecule has 3 N–H and O–H groups in total. The lowest BCUT2D eigenvalue weighted by molar-refractivity contribution is -0.138. The van der Waals surface area contributed by atoms with Crippen molar-refractivity contribution in [3.63, 3.8) is 0 Å². The van der Waals surface area contributed by atoms with E-state index in [1.165, 1.54) is 0 Å². The second-order valence-corrected chi connectivity index (χ2v) is 6.18. The highest BCUT2D eigenvalue weighted by atomic mass is 16.4. The zero-order chi connectivity index (χ0) is 15.2. The zero-order valence-electron chi connectivity index (χ0n) is 13.1. The molecule has 20 heavy (non-hydrogen) atoms. The first-order valence-corrected chi connectivity index (χ1v) is 7.71. The molecule has 0 spiro atoms. The Bertz CT molecular complexity index is 347. The molecular weight excluding hydrogens is 254 g/mol. The SMILES string of the molecule is CCC(C)CN(C)C(=O)C1(C(N)=NO)CCCCCC1. The highest BCUT2D eigenvalue weighted by molar-refractivity contribution is 6.06. The molecule has 5 heteroatoms. The fraction of sp³-hybridized carbons (Fsp3) is 0.867. The van der Waals surface area contributed by atoms with Gasteiger partial charge in [-0.2, -0.15) is 0 Å². The van der Waals surface area contributed by atoms with Crippen LogP contribution in [0.4, 0.5) is 0 Å². The Kier molecular flexibility index (Phi) is 6.30. The highest BCUT2D eigenvalue weighted by Crippen LogP contribution is 2.37. The van der Waals surface area contributed by atoms with Crippen LogP contribution in [-0.4, -0.2) is 35.4 Å². The van der Waals surface area contributed by atoms with Crippen LogP contribution in [0.5, 0.6) is 0 Å². The van der Waals surface area contributed by atoms with Crippen LogP contribution in [0.15, 0.2) is 5.16 Å². The van der Waals surface area contributed by atoms with Crippen LogP contribution in [-0.2, 0) is 4.79 Å².